The lowest BCUT2D eigenvalue weighted by Gasteiger charge is -2.17. The number of phenolic OH excluding ortho intramolecular Hbond substituents is 1. The summed E-state index contributed by atoms with van der Waals surface area (Å²) in [5.41, 5.74) is 1.55. The van der Waals surface area contributed by atoms with Crippen molar-refractivity contribution < 1.29 is 19.4 Å². The molecule has 0 saturated carbocycles. The van der Waals surface area contributed by atoms with Gasteiger partial charge in [-0.1, -0.05) is 133 Å². The lowest BCUT2D eigenvalue weighted by molar-refractivity contribution is -0.128. The molecule has 0 spiro atoms. The van der Waals surface area contributed by atoms with Crippen LogP contribution in [0.25, 0.3) is 10.8 Å². The number of amides is 2. The first-order chi connectivity index (χ1) is 22.0. The van der Waals surface area contributed by atoms with Crippen molar-refractivity contribution in [2.24, 2.45) is 0 Å². The van der Waals surface area contributed by atoms with E-state index in [9.17, 15) is 14.7 Å². The first kappa shape index (κ1) is 35.9. The molecule has 6 nitrogen and oxygen atoms in total. The molecule has 0 fully saturated rings. The van der Waals surface area contributed by atoms with Crippen LogP contribution in [0.4, 0.5) is 0 Å². The Bertz CT molecular complexity index is 1270. The molecule has 3 aromatic carbocycles. The number of hydrogen-bond donors (Lipinski definition) is 3. The molecule has 1 atom stereocenters. The van der Waals surface area contributed by atoms with Crippen LogP contribution in [0, 0.1) is 0 Å². The third-order valence-electron chi connectivity index (χ3n) is 8.52. The quantitative estimate of drug-likeness (QED) is 0.0927. The van der Waals surface area contributed by atoms with E-state index in [1.165, 1.54) is 89.0 Å². The normalized spacial score (nSPS) is 11.8. The van der Waals surface area contributed by atoms with Crippen molar-refractivity contribution in [2.45, 2.75) is 123 Å². The summed E-state index contributed by atoms with van der Waals surface area (Å²) in [5.74, 6) is 0.187. The molecule has 0 bridgehead atoms. The zero-order valence-corrected chi connectivity index (χ0v) is 27.8. The molecule has 246 valence electrons. The fourth-order valence-electron chi connectivity index (χ4n) is 5.72. The van der Waals surface area contributed by atoms with Gasteiger partial charge in [-0.2, -0.15) is 0 Å². The summed E-state index contributed by atoms with van der Waals surface area (Å²) in [6, 6.07) is 19.0. The fourth-order valence-corrected chi connectivity index (χ4v) is 5.72. The van der Waals surface area contributed by atoms with Gasteiger partial charge in [0, 0.05) is 18.5 Å². The molecule has 6 heteroatoms. The van der Waals surface area contributed by atoms with Crippen molar-refractivity contribution in [1.82, 2.24) is 10.6 Å². The monoisotopic (exact) mass is 616 g/mol. The van der Waals surface area contributed by atoms with E-state index in [0.29, 0.717) is 37.1 Å². The zero-order chi connectivity index (χ0) is 32.1. The molecule has 3 aromatic rings. The van der Waals surface area contributed by atoms with Crippen LogP contribution in [0.3, 0.4) is 0 Å². The number of rotatable bonds is 23. The van der Waals surface area contributed by atoms with Crippen molar-refractivity contribution in [3.05, 3.63) is 71.8 Å². The van der Waals surface area contributed by atoms with Gasteiger partial charge in [0.1, 0.15) is 11.5 Å². The molecule has 0 aliphatic rings. The Morgan fingerprint density at radius 3 is 1.93 bits per heavy atom. The van der Waals surface area contributed by atoms with Crippen molar-refractivity contribution in [3.8, 4) is 11.5 Å². The number of benzene rings is 3. The second-order valence-electron chi connectivity index (χ2n) is 12.2. The molecule has 45 heavy (non-hydrogen) atoms. The number of aryl methyl sites for hydroxylation is 1. The highest BCUT2D eigenvalue weighted by Crippen LogP contribution is 2.28. The number of nitrogens with one attached hydrogen (secondary N) is 2. The van der Waals surface area contributed by atoms with Crippen LogP contribution in [-0.4, -0.2) is 36.1 Å². The van der Waals surface area contributed by atoms with Crippen molar-refractivity contribution in [1.29, 1.82) is 0 Å². The van der Waals surface area contributed by atoms with Gasteiger partial charge in [-0.3, -0.25) is 9.59 Å². The summed E-state index contributed by atoms with van der Waals surface area (Å²) in [6.07, 6.45) is 19.4. The van der Waals surface area contributed by atoms with E-state index in [2.05, 4.69) is 29.7 Å². The number of phenols is 1. The predicted molar refractivity (Wildman–Crippen MR) is 186 cm³/mol. The molecule has 0 radical (unpaired) electrons. The molecule has 2 amide bonds. The van der Waals surface area contributed by atoms with Gasteiger partial charge >= 0.3 is 0 Å². The van der Waals surface area contributed by atoms with E-state index in [-0.39, 0.29) is 23.1 Å². The summed E-state index contributed by atoms with van der Waals surface area (Å²) < 4.78 is 5.99. The topological polar surface area (TPSA) is 87.7 Å². The van der Waals surface area contributed by atoms with E-state index in [1.54, 1.807) is 12.1 Å². The van der Waals surface area contributed by atoms with Crippen LogP contribution in [-0.2, 0) is 11.2 Å². The first-order valence-corrected chi connectivity index (χ1v) is 17.6. The summed E-state index contributed by atoms with van der Waals surface area (Å²) in [6.45, 7) is 5.01. The van der Waals surface area contributed by atoms with E-state index >= 15 is 0 Å². The predicted octanol–water partition coefficient (Wildman–Crippen LogP) is 9.27. The number of ether oxygens (including phenoxy) is 1. The number of aromatic hydroxyl groups is 1. The highest BCUT2D eigenvalue weighted by Gasteiger charge is 2.18. The summed E-state index contributed by atoms with van der Waals surface area (Å²) >= 11 is 0. The molecular formula is C39H56N2O4. The summed E-state index contributed by atoms with van der Waals surface area (Å²) in [4.78, 5) is 25.3. The highest BCUT2D eigenvalue weighted by molar-refractivity contribution is 6.03. The zero-order valence-electron chi connectivity index (χ0n) is 27.8. The molecule has 0 saturated heterocycles. The van der Waals surface area contributed by atoms with E-state index < -0.39 is 6.10 Å². The maximum atomic E-state index is 12.7. The van der Waals surface area contributed by atoms with Gasteiger partial charge in [0.2, 0.25) is 0 Å². The Morgan fingerprint density at radius 2 is 1.29 bits per heavy atom. The third-order valence-corrected chi connectivity index (χ3v) is 8.52. The Balaban J connectivity index is 1.24. The maximum Gasteiger partial charge on any atom is 0.261 e. The van der Waals surface area contributed by atoms with Gasteiger partial charge in [-0.15, -0.1) is 0 Å². The second kappa shape index (κ2) is 21.2. The molecular weight excluding hydrogens is 560 g/mol. The number of carbonyl (C=O) groups excluding carboxylic acids is 2. The van der Waals surface area contributed by atoms with Crippen molar-refractivity contribution >= 4 is 22.6 Å². The molecule has 0 heterocycles. The third kappa shape index (κ3) is 13.2. The van der Waals surface area contributed by atoms with Gasteiger partial charge in [0.15, 0.2) is 6.10 Å². The van der Waals surface area contributed by atoms with Gasteiger partial charge in [-0.25, -0.2) is 0 Å². The largest absolute Gasteiger partial charge is 0.506 e. The number of hydrogen-bond acceptors (Lipinski definition) is 4. The highest BCUT2D eigenvalue weighted by atomic mass is 16.5. The second-order valence-corrected chi connectivity index (χ2v) is 12.2. The maximum absolute atomic E-state index is 12.7. The van der Waals surface area contributed by atoms with Gasteiger partial charge in [0.05, 0.1) is 5.56 Å². The Hall–Kier alpha value is -3.54. The van der Waals surface area contributed by atoms with Crippen LogP contribution in [0.5, 0.6) is 11.5 Å². The van der Waals surface area contributed by atoms with Crippen molar-refractivity contribution in [2.75, 3.05) is 13.1 Å². The smallest absolute Gasteiger partial charge is 0.261 e. The first-order valence-electron chi connectivity index (χ1n) is 17.6. The van der Waals surface area contributed by atoms with Gasteiger partial charge in [-0.05, 0) is 54.8 Å². The summed E-state index contributed by atoms with van der Waals surface area (Å²) in [7, 11) is 0. The van der Waals surface area contributed by atoms with Crippen LogP contribution in [0.1, 0.15) is 126 Å². The standard InChI is InChI=1S/C39H56N2O4/c1-3-5-6-7-8-9-10-11-12-13-14-15-16-20-31-23-26-33(27-24-31)45-36(4-2)39(44)41-30-19-29-40-38(43)35-28-25-32-21-17-18-22-34(32)37(35)42/h17-18,21-28,36,42H,3-16,19-20,29-30H2,1-2H3,(H,40,43)(H,41,44)/t36-/m1/s1. The fraction of sp³-hybridized carbons (Fsp3) is 0.538. The number of unbranched alkanes of at least 4 members (excludes halogenated alkanes) is 12. The minimum Gasteiger partial charge on any atom is -0.506 e. The molecule has 0 aromatic heterocycles. The molecule has 3 rings (SSSR count). The average Bonchev–Trinajstić information content (AvgIpc) is 3.06. The van der Waals surface area contributed by atoms with E-state index in [1.807, 2.05) is 43.3 Å². The van der Waals surface area contributed by atoms with Crippen molar-refractivity contribution in [3.63, 3.8) is 0 Å². The molecule has 0 unspecified atom stereocenters. The van der Waals surface area contributed by atoms with E-state index in [4.69, 9.17) is 4.74 Å². The van der Waals surface area contributed by atoms with Crippen LogP contribution in [0.2, 0.25) is 0 Å². The molecule has 0 aliphatic carbocycles. The number of fused-ring (bicyclic) bond motifs is 1. The average molecular weight is 617 g/mol. The summed E-state index contributed by atoms with van der Waals surface area (Å²) in [5, 5.41) is 17.8. The van der Waals surface area contributed by atoms with E-state index in [0.717, 1.165) is 11.8 Å². The lowest BCUT2D eigenvalue weighted by atomic mass is 10.0. The number of carbonyl (C=O) groups is 2. The molecule has 0 aliphatic heterocycles. The Morgan fingerprint density at radius 1 is 0.689 bits per heavy atom. The van der Waals surface area contributed by atoms with Crippen LogP contribution < -0.4 is 15.4 Å². The lowest BCUT2D eigenvalue weighted by Crippen LogP contribution is -2.39. The van der Waals surface area contributed by atoms with Crippen LogP contribution >= 0.6 is 0 Å². The minimum atomic E-state index is -0.568. The molecule has 3 N–H and O–H groups in total. The van der Waals surface area contributed by atoms with Gasteiger partial charge < -0.3 is 20.5 Å². The Labute approximate surface area is 271 Å². The Kier molecular flexibility index (Phi) is 17.0. The minimum absolute atomic E-state index is 0.0190. The van der Waals surface area contributed by atoms with Gasteiger partial charge in [0.25, 0.3) is 11.8 Å². The van der Waals surface area contributed by atoms with Crippen LogP contribution in [0.15, 0.2) is 60.7 Å². The SMILES string of the molecule is CCCCCCCCCCCCCCCc1ccc(O[C@H](CC)C(=O)NCCCNC(=O)c2ccc3ccccc3c2O)cc1.